The Morgan fingerprint density at radius 1 is 1.35 bits per heavy atom. The first-order valence-corrected chi connectivity index (χ1v) is 8.98. The number of carbonyl (C=O) groups excluding carboxylic acids is 1. The van der Waals surface area contributed by atoms with E-state index in [0.29, 0.717) is 19.5 Å². The van der Waals surface area contributed by atoms with Crippen molar-refractivity contribution < 1.29 is 13.2 Å². The first kappa shape index (κ1) is 19.9. The molecule has 2 rings (SSSR count). The van der Waals surface area contributed by atoms with Crippen molar-refractivity contribution in [3.63, 3.8) is 0 Å². The zero-order valence-electron chi connectivity index (χ0n) is 13.6. The van der Waals surface area contributed by atoms with Gasteiger partial charge in [-0.2, -0.15) is 0 Å². The van der Waals surface area contributed by atoms with Gasteiger partial charge in [-0.15, -0.1) is 12.4 Å². The van der Waals surface area contributed by atoms with E-state index in [2.05, 4.69) is 10.0 Å². The third-order valence-corrected chi connectivity index (χ3v) is 5.22. The molecule has 1 aromatic carbocycles. The number of likely N-dealkylation sites (N-methyl/N-ethyl adjacent to an activating group) is 1. The third kappa shape index (κ3) is 4.44. The van der Waals surface area contributed by atoms with E-state index in [4.69, 9.17) is 0 Å². The topological polar surface area (TPSA) is 78.5 Å². The lowest BCUT2D eigenvalue weighted by molar-refractivity contribution is -0.116. The lowest BCUT2D eigenvalue weighted by atomic mass is 10.1. The highest BCUT2D eigenvalue weighted by Crippen LogP contribution is 2.33. The molecule has 0 bridgehead atoms. The number of halogens is 1. The summed E-state index contributed by atoms with van der Waals surface area (Å²) in [5, 5.41) is 3.07. The lowest BCUT2D eigenvalue weighted by Crippen LogP contribution is -2.33. The Morgan fingerprint density at radius 2 is 2.04 bits per heavy atom. The van der Waals surface area contributed by atoms with E-state index in [1.54, 1.807) is 23.1 Å². The average molecular weight is 362 g/mol. The molecule has 1 heterocycles. The Hall–Kier alpha value is -1.15. The van der Waals surface area contributed by atoms with Crippen molar-refractivity contribution >= 4 is 34.0 Å². The van der Waals surface area contributed by atoms with Gasteiger partial charge in [-0.25, -0.2) is 13.1 Å². The second-order valence-electron chi connectivity index (χ2n) is 5.48. The molecule has 2 N–H and O–H groups in total. The molecular weight excluding hydrogens is 338 g/mol. The van der Waals surface area contributed by atoms with Crippen LogP contribution in [0.4, 0.5) is 5.69 Å². The fraction of sp³-hybridized carbons (Fsp3) is 0.533. The largest absolute Gasteiger partial charge is 0.316 e. The van der Waals surface area contributed by atoms with Crippen molar-refractivity contribution in [1.82, 2.24) is 10.0 Å². The number of hydrogen-bond acceptors (Lipinski definition) is 4. The van der Waals surface area contributed by atoms with E-state index in [1.165, 1.54) is 6.92 Å². The lowest BCUT2D eigenvalue weighted by Gasteiger charge is -2.20. The molecule has 8 heteroatoms. The summed E-state index contributed by atoms with van der Waals surface area (Å²) >= 11 is 0. The summed E-state index contributed by atoms with van der Waals surface area (Å²) in [6, 6.07) is 5.01. The summed E-state index contributed by atoms with van der Waals surface area (Å²) in [6.45, 7) is 7.21. The van der Waals surface area contributed by atoms with Gasteiger partial charge in [0, 0.05) is 31.7 Å². The van der Waals surface area contributed by atoms with Crippen LogP contribution in [0.25, 0.3) is 0 Å². The van der Waals surface area contributed by atoms with Gasteiger partial charge < -0.3 is 10.2 Å². The molecule has 23 heavy (non-hydrogen) atoms. The highest BCUT2D eigenvalue weighted by atomic mass is 35.5. The number of nitrogens with zero attached hydrogens (tertiary/aromatic N) is 1. The van der Waals surface area contributed by atoms with Gasteiger partial charge >= 0.3 is 0 Å². The molecule has 1 aromatic rings. The molecule has 1 unspecified atom stereocenters. The van der Waals surface area contributed by atoms with Crippen molar-refractivity contribution in [2.24, 2.45) is 0 Å². The van der Waals surface area contributed by atoms with Crippen LogP contribution in [0.1, 0.15) is 26.3 Å². The molecule has 0 radical (unpaired) electrons. The van der Waals surface area contributed by atoms with Gasteiger partial charge in [-0.3, -0.25) is 4.79 Å². The van der Waals surface area contributed by atoms with Gasteiger partial charge in [0.25, 0.3) is 0 Å². The molecule has 1 amide bonds. The van der Waals surface area contributed by atoms with E-state index in [9.17, 15) is 13.2 Å². The molecule has 1 atom stereocenters. The molecule has 1 aliphatic rings. The number of fused-ring (bicyclic) bond motifs is 1. The molecule has 0 spiro atoms. The number of rotatable bonds is 6. The standard InChI is InChI=1S/C15H23N3O3S.ClH/c1-4-16-7-8-17-22(20,21)14-5-6-15-13(10-14)9-11(2)18(15)12(3)19;/h5-6,10-11,16-17H,4,7-9H2,1-3H3;1H. The van der Waals surface area contributed by atoms with Gasteiger partial charge in [0.2, 0.25) is 15.9 Å². The van der Waals surface area contributed by atoms with Crippen molar-refractivity contribution in [1.29, 1.82) is 0 Å². The maximum atomic E-state index is 12.3. The molecule has 0 saturated carbocycles. The van der Waals surface area contributed by atoms with Gasteiger partial charge in [0.15, 0.2) is 0 Å². The molecule has 130 valence electrons. The average Bonchev–Trinajstić information content (AvgIpc) is 2.78. The second-order valence-corrected chi connectivity index (χ2v) is 7.25. The van der Waals surface area contributed by atoms with Crippen molar-refractivity contribution in [2.45, 2.75) is 38.1 Å². The number of nitrogens with one attached hydrogen (secondary N) is 2. The Kier molecular flexibility index (Phi) is 7.01. The molecular formula is C15H24ClN3O3S. The van der Waals surface area contributed by atoms with E-state index < -0.39 is 10.0 Å². The maximum Gasteiger partial charge on any atom is 0.240 e. The zero-order valence-corrected chi connectivity index (χ0v) is 15.3. The number of sulfonamides is 1. The number of anilines is 1. The summed E-state index contributed by atoms with van der Waals surface area (Å²) in [5.41, 5.74) is 1.71. The monoisotopic (exact) mass is 361 g/mol. The maximum absolute atomic E-state index is 12.3. The van der Waals surface area contributed by atoms with Crippen LogP contribution in [0, 0.1) is 0 Å². The second kappa shape index (κ2) is 8.10. The van der Waals surface area contributed by atoms with Crippen LogP contribution in [0.5, 0.6) is 0 Å². The first-order chi connectivity index (χ1) is 10.4. The summed E-state index contributed by atoms with van der Waals surface area (Å²) in [4.78, 5) is 13.7. The molecule has 0 saturated heterocycles. The van der Waals surface area contributed by atoms with Crippen LogP contribution in [0.3, 0.4) is 0 Å². The van der Waals surface area contributed by atoms with Crippen molar-refractivity contribution in [2.75, 3.05) is 24.5 Å². The van der Waals surface area contributed by atoms with E-state index in [1.807, 2.05) is 13.8 Å². The Labute approximate surface area is 144 Å². The minimum atomic E-state index is -3.51. The van der Waals surface area contributed by atoms with Crippen LogP contribution >= 0.6 is 12.4 Å². The Balaban J connectivity index is 0.00000264. The fourth-order valence-corrected chi connectivity index (χ4v) is 3.87. The Morgan fingerprint density at radius 3 is 2.65 bits per heavy atom. The molecule has 6 nitrogen and oxygen atoms in total. The van der Waals surface area contributed by atoms with E-state index in [0.717, 1.165) is 17.8 Å². The number of hydrogen-bond donors (Lipinski definition) is 2. The summed E-state index contributed by atoms with van der Waals surface area (Å²) < 4.78 is 27.1. The number of amides is 1. The molecule has 0 fully saturated rings. The SMILES string of the molecule is CCNCCNS(=O)(=O)c1ccc2c(c1)CC(C)N2C(C)=O.Cl. The fourth-order valence-electron chi connectivity index (χ4n) is 2.79. The minimum absolute atomic E-state index is 0. The summed E-state index contributed by atoms with van der Waals surface area (Å²) in [5.74, 6) is -0.0226. The minimum Gasteiger partial charge on any atom is -0.316 e. The van der Waals surface area contributed by atoms with Crippen molar-refractivity contribution in [3.05, 3.63) is 23.8 Å². The van der Waals surface area contributed by atoms with Gasteiger partial charge in [0.05, 0.1) is 4.90 Å². The molecule has 0 aliphatic carbocycles. The zero-order chi connectivity index (χ0) is 16.3. The van der Waals surface area contributed by atoms with E-state index >= 15 is 0 Å². The molecule has 0 aromatic heterocycles. The predicted octanol–water partition coefficient (Wildman–Crippen LogP) is 1.29. The summed E-state index contributed by atoms with van der Waals surface area (Å²) in [6.07, 6.45) is 0.676. The normalized spacial score (nSPS) is 16.8. The van der Waals surface area contributed by atoms with Crippen LogP contribution in [-0.4, -0.2) is 40.0 Å². The smallest absolute Gasteiger partial charge is 0.240 e. The van der Waals surface area contributed by atoms with Crippen LogP contribution < -0.4 is 14.9 Å². The third-order valence-electron chi connectivity index (χ3n) is 3.76. The molecule has 1 aliphatic heterocycles. The quantitative estimate of drug-likeness (QED) is 0.748. The van der Waals surface area contributed by atoms with Gasteiger partial charge in [-0.05, 0) is 43.7 Å². The number of carbonyl (C=O) groups is 1. The first-order valence-electron chi connectivity index (χ1n) is 7.50. The van der Waals surface area contributed by atoms with Gasteiger partial charge in [0.1, 0.15) is 0 Å². The van der Waals surface area contributed by atoms with Crippen molar-refractivity contribution in [3.8, 4) is 0 Å². The van der Waals surface area contributed by atoms with E-state index in [-0.39, 0.29) is 29.3 Å². The highest BCUT2D eigenvalue weighted by Gasteiger charge is 2.30. The van der Waals surface area contributed by atoms with Crippen LogP contribution in [-0.2, 0) is 21.2 Å². The summed E-state index contributed by atoms with van der Waals surface area (Å²) in [7, 11) is -3.51. The number of benzene rings is 1. The predicted molar refractivity (Wildman–Crippen MR) is 93.7 cm³/mol. The van der Waals surface area contributed by atoms with Crippen LogP contribution in [0.15, 0.2) is 23.1 Å². The van der Waals surface area contributed by atoms with Gasteiger partial charge in [-0.1, -0.05) is 6.92 Å². The highest BCUT2D eigenvalue weighted by molar-refractivity contribution is 7.89. The Bertz CT molecular complexity index is 664. The van der Waals surface area contributed by atoms with Crippen LogP contribution in [0.2, 0.25) is 0 Å².